The molecule has 1 atom stereocenters. The largest absolute Gasteiger partial charge is 0.354 e. The van der Waals surface area contributed by atoms with Crippen molar-refractivity contribution in [3.8, 4) is 0 Å². The summed E-state index contributed by atoms with van der Waals surface area (Å²) in [4.78, 5) is 27.8. The number of unbranched alkanes of at least 4 members (excludes halogenated alkanes) is 1. The molecule has 7 nitrogen and oxygen atoms in total. The summed E-state index contributed by atoms with van der Waals surface area (Å²) in [6.07, 6.45) is 1.79. The van der Waals surface area contributed by atoms with Crippen LogP contribution >= 0.6 is 0 Å². The summed E-state index contributed by atoms with van der Waals surface area (Å²) < 4.78 is 27.6. The van der Waals surface area contributed by atoms with E-state index < -0.39 is 22.0 Å². The molecule has 0 heterocycles. The van der Waals surface area contributed by atoms with E-state index in [1.54, 1.807) is 25.1 Å². The van der Waals surface area contributed by atoms with Crippen LogP contribution < -0.4 is 5.32 Å². The van der Waals surface area contributed by atoms with E-state index in [4.69, 9.17) is 0 Å². The second kappa shape index (κ2) is 12.1. The highest BCUT2D eigenvalue weighted by molar-refractivity contribution is 7.89. The van der Waals surface area contributed by atoms with Gasteiger partial charge in [-0.15, -0.1) is 0 Å². The third-order valence-corrected chi connectivity index (χ3v) is 8.06. The van der Waals surface area contributed by atoms with Crippen molar-refractivity contribution < 1.29 is 18.0 Å². The molecule has 0 bridgehead atoms. The molecule has 2 amide bonds. The Kier molecular flexibility index (Phi) is 9.23. The summed E-state index contributed by atoms with van der Waals surface area (Å²) >= 11 is 0. The van der Waals surface area contributed by atoms with Gasteiger partial charge in [-0.2, -0.15) is 4.31 Å². The molecule has 1 unspecified atom stereocenters. The molecule has 1 N–H and O–H groups in total. The lowest BCUT2D eigenvalue weighted by molar-refractivity contribution is -0.140. The summed E-state index contributed by atoms with van der Waals surface area (Å²) in [6.45, 7) is 6.03. The Bertz CT molecular complexity index is 1310. The predicted molar refractivity (Wildman–Crippen MR) is 143 cm³/mol. The molecule has 3 rings (SSSR count). The number of carbonyl (C=O) groups excluding carboxylic acids is 2. The van der Waals surface area contributed by atoms with Gasteiger partial charge < -0.3 is 10.2 Å². The van der Waals surface area contributed by atoms with Crippen LogP contribution in [0, 0.1) is 6.92 Å². The molecular formula is C28H35N3O4S. The Labute approximate surface area is 214 Å². The van der Waals surface area contributed by atoms with Crippen LogP contribution in [-0.2, 0) is 26.2 Å². The molecule has 0 aliphatic rings. The lowest BCUT2D eigenvalue weighted by atomic mass is 10.1. The Morgan fingerprint density at radius 1 is 0.972 bits per heavy atom. The van der Waals surface area contributed by atoms with Crippen LogP contribution in [0.25, 0.3) is 10.8 Å². The minimum absolute atomic E-state index is 0.118. The zero-order valence-electron chi connectivity index (χ0n) is 21.4. The lowest BCUT2D eigenvalue weighted by Gasteiger charge is -2.30. The highest BCUT2D eigenvalue weighted by Gasteiger charge is 2.30. The third kappa shape index (κ3) is 6.71. The summed E-state index contributed by atoms with van der Waals surface area (Å²) in [6, 6.07) is 19.4. The SMILES string of the molecule is CCCCNC(=O)C(C)N(Cc1ccc(C)cc1)C(=O)CN(C)S(=O)(=O)c1ccc2ccccc2c1. The average molecular weight is 510 g/mol. The standard InChI is InChI=1S/C28H35N3O4S/c1-5-6-17-29-28(33)22(3)31(19-23-13-11-21(2)12-14-23)27(32)20-30(4)36(34,35)26-16-15-24-9-7-8-10-25(24)18-26/h7-16,18,22H,5-6,17,19-20H2,1-4H3,(H,29,33). The molecule has 0 radical (unpaired) electrons. The number of benzene rings is 3. The van der Waals surface area contributed by atoms with Crippen molar-refractivity contribution in [3.05, 3.63) is 77.9 Å². The number of nitrogens with one attached hydrogen (secondary N) is 1. The molecule has 0 fully saturated rings. The molecule has 0 spiro atoms. The van der Waals surface area contributed by atoms with Crippen molar-refractivity contribution in [1.82, 2.24) is 14.5 Å². The number of amides is 2. The number of likely N-dealkylation sites (N-methyl/N-ethyl adjacent to an activating group) is 1. The van der Waals surface area contributed by atoms with Gasteiger partial charge in [-0.3, -0.25) is 9.59 Å². The molecule has 3 aromatic carbocycles. The zero-order valence-corrected chi connectivity index (χ0v) is 22.2. The molecule has 0 aromatic heterocycles. The van der Waals surface area contributed by atoms with Crippen molar-refractivity contribution in [2.24, 2.45) is 0 Å². The van der Waals surface area contributed by atoms with Crippen LogP contribution in [0.15, 0.2) is 71.6 Å². The number of carbonyl (C=O) groups is 2. The summed E-state index contributed by atoms with van der Waals surface area (Å²) in [7, 11) is -2.53. The van der Waals surface area contributed by atoms with Gasteiger partial charge in [0.15, 0.2) is 0 Å². The number of hydrogen-bond donors (Lipinski definition) is 1. The minimum atomic E-state index is -3.92. The van der Waals surface area contributed by atoms with Crippen LogP contribution in [0.5, 0.6) is 0 Å². The summed E-state index contributed by atoms with van der Waals surface area (Å²) in [5, 5.41) is 4.61. The van der Waals surface area contributed by atoms with Crippen molar-refractivity contribution in [3.63, 3.8) is 0 Å². The molecule has 36 heavy (non-hydrogen) atoms. The van der Waals surface area contributed by atoms with Crippen molar-refractivity contribution in [2.75, 3.05) is 20.1 Å². The van der Waals surface area contributed by atoms with Crippen molar-refractivity contribution >= 4 is 32.6 Å². The minimum Gasteiger partial charge on any atom is -0.354 e. The van der Waals surface area contributed by atoms with Gasteiger partial charge in [-0.05, 0) is 48.7 Å². The fraction of sp³-hybridized carbons (Fsp3) is 0.357. The number of fused-ring (bicyclic) bond motifs is 1. The summed E-state index contributed by atoms with van der Waals surface area (Å²) in [5.74, 6) is -0.704. The van der Waals surface area contributed by atoms with Crippen molar-refractivity contribution in [2.45, 2.75) is 51.1 Å². The molecule has 8 heteroatoms. The second-order valence-electron chi connectivity index (χ2n) is 9.10. The number of hydrogen-bond acceptors (Lipinski definition) is 4. The Hall–Kier alpha value is -3.23. The van der Waals surface area contributed by atoms with Gasteiger partial charge >= 0.3 is 0 Å². The van der Waals surface area contributed by atoms with Crippen LogP contribution in [0.1, 0.15) is 37.8 Å². The van der Waals surface area contributed by atoms with Crippen LogP contribution in [0.4, 0.5) is 0 Å². The van der Waals surface area contributed by atoms with Gasteiger partial charge in [0.1, 0.15) is 6.04 Å². The van der Waals surface area contributed by atoms with Gasteiger partial charge in [-0.1, -0.05) is 73.5 Å². The topological polar surface area (TPSA) is 86.8 Å². The van der Waals surface area contributed by atoms with Crippen LogP contribution in [0.3, 0.4) is 0 Å². The molecule has 0 aliphatic heterocycles. The monoisotopic (exact) mass is 509 g/mol. The first-order chi connectivity index (χ1) is 17.1. The van der Waals surface area contributed by atoms with Gasteiger partial charge in [0.05, 0.1) is 11.4 Å². The van der Waals surface area contributed by atoms with Crippen LogP contribution in [0.2, 0.25) is 0 Å². The number of sulfonamides is 1. The van der Waals surface area contributed by atoms with Gasteiger partial charge in [0.2, 0.25) is 21.8 Å². The normalized spacial score (nSPS) is 12.5. The quantitative estimate of drug-likeness (QED) is 0.394. The van der Waals surface area contributed by atoms with Gasteiger partial charge in [0, 0.05) is 20.1 Å². The molecule has 3 aromatic rings. The van der Waals surface area contributed by atoms with Gasteiger partial charge in [-0.25, -0.2) is 8.42 Å². The van der Waals surface area contributed by atoms with E-state index in [9.17, 15) is 18.0 Å². The van der Waals surface area contributed by atoms with E-state index >= 15 is 0 Å². The number of aryl methyl sites for hydroxylation is 1. The Morgan fingerprint density at radius 3 is 2.31 bits per heavy atom. The fourth-order valence-corrected chi connectivity index (χ4v) is 5.04. The second-order valence-corrected chi connectivity index (χ2v) is 11.1. The van der Waals surface area contributed by atoms with E-state index in [0.29, 0.717) is 6.54 Å². The van der Waals surface area contributed by atoms with E-state index in [-0.39, 0.29) is 23.9 Å². The lowest BCUT2D eigenvalue weighted by Crippen LogP contribution is -2.50. The Morgan fingerprint density at radius 2 is 1.64 bits per heavy atom. The predicted octanol–water partition coefficient (Wildman–Crippen LogP) is 4.10. The molecular weight excluding hydrogens is 474 g/mol. The maximum absolute atomic E-state index is 13.4. The first-order valence-corrected chi connectivity index (χ1v) is 13.7. The number of nitrogens with zero attached hydrogens (tertiary/aromatic N) is 2. The average Bonchev–Trinajstić information content (AvgIpc) is 2.87. The maximum atomic E-state index is 13.4. The Balaban J connectivity index is 1.81. The van der Waals surface area contributed by atoms with Crippen molar-refractivity contribution in [1.29, 1.82) is 0 Å². The smallest absolute Gasteiger partial charge is 0.243 e. The fourth-order valence-electron chi connectivity index (χ4n) is 3.88. The van der Waals surface area contributed by atoms with E-state index in [1.165, 1.54) is 11.9 Å². The molecule has 0 saturated heterocycles. The maximum Gasteiger partial charge on any atom is 0.243 e. The first-order valence-electron chi connectivity index (χ1n) is 12.2. The molecule has 0 saturated carbocycles. The first kappa shape index (κ1) is 27.4. The van der Waals surface area contributed by atoms with E-state index in [1.807, 2.05) is 62.4 Å². The van der Waals surface area contributed by atoms with Gasteiger partial charge in [0.25, 0.3) is 0 Å². The summed E-state index contributed by atoms with van der Waals surface area (Å²) in [5.41, 5.74) is 1.95. The van der Waals surface area contributed by atoms with Crippen LogP contribution in [-0.4, -0.2) is 55.6 Å². The highest BCUT2D eigenvalue weighted by Crippen LogP contribution is 2.22. The van der Waals surface area contributed by atoms with E-state index in [0.717, 1.165) is 39.0 Å². The number of rotatable bonds is 11. The zero-order chi connectivity index (χ0) is 26.3. The third-order valence-electron chi connectivity index (χ3n) is 6.26. The molecule has 0 aliphatic carbocycles. The highest BCUT2D eigenvalue weighted by atomic mass is 32.2. The molecule has 192 valence electrons. The van der Waals surface area contributed by atoms with E-state index in [2.05, 4.69) is 5.32 Å².